The average molecular weight is 1060 g/mol. The van der Waals surface area contributed by atoms with Gasteiger partial charge in [0.25, 0.3) is 17.7 Å². The number of amides is 5. The molecular weight excluding hydrogens is 977 g/mol. The number of imide groups is 1. The largest absolute Gasteiger partial charge is 0.493 e. The summed E-state index contributed by atoms with van der Waals surface area (Å²) in [5.74, 6) is -0.496. The number of nitrogens with one attached hydrogen (secondary N) is 2. The number of likely N-dealkylation sites (tertiary alicyclic amines) is 1. The Hall–Kier alpha value is -7.16. The highest BCUT2D eigenvalue weighted by molar-refractivity contribution is 6.24. The summed E-state index contributed by atoms with van der Waals surface area (Å²) in [5.41, 5.74) is 7.09. The first kappa shape index (κ1) is 57.5. The number of carbonyl (C=O) groups is 6. The van der Waals surface area contributed by atoms with Crippen molar-refractivity contribution in [2.75, 3.05) is 40.5 Å². The number of hydrogen-bond acceptors (Lipinski definition) is 11. The zero-order chi connectivity index (χ0) is 55.0. The lowest BCUT2D eigenvalue weighted by Gasteiger charge is -2.37. The molecule has 1 unspecified atom stereocenters. The summed E-state index contributed by atoms with van der Waals surface area (Å²) < 4.78 is 29.5. The van der Waals surface area contributed by atoms with Crippen molar-refractivity contribution in [3.8, 4) is 23.0 Å². The lowest BCUT2D eigenvalue weighted by atomic mass is 9.91. The third kappa shape index (κ3) is 14.7. The first-order valence-corrected chi connectivity index (χ1v) is 27.6. The highest BCUT2D eigenvalue weighted by atomic mass is 16.5. The molecule has 2 N–H and O–H groups in total. The summed E-state index contributed by atoms with van der Waals surface area (Å²) in [6.45, 7) is 13.2. The minimum Gasteiger partial charge on any atom is -0.493 e. The van der Waals surface area contributed by atoms with Crippen molar-refractivity contribution in [1.29, 1.82) is 0 Å². The van der Waals surface area contributed by atoms with E-state index < -0.39 is 47.8 Å². The predicted molar refractivity (Wildman–Crippen MR) is 294 cm³/mol. The number of methoxy groups -OCH3 is 2. The standard InChI is InChI=1S/C62H78N4O11/c1-8-48(46-37-42(4)57(74-7)54(38-46)73-6)59(69)65-34-17-15-21-51(65)62(72)77-52(32-26-44-25-23-40(2)41(3)36-44)45-27-29-47(30-28-45)76-39-55(67)63-33-16-13-11-9-10-12-14-18-35-75-53-22-19-20-49-56(53)61(71)66(60(49)70)50-31-24-43(5)64-58(50)68/h19-20,22-23,25,27-30,36-38,48,50-52H,5,8-18,21,24,26,31-35,39H2,1-4,6-7H3,(H,63,67)(H,64,68)/t48-,50?,51-,52+/m0/s1. The Morgan fingerprint density at radius 2 is 1.51 bits per heavy atom. The van der Waals surface area contributed by atoms with Crippen LogP contribution in [0.2, 0.25) is 0 Å². The van der Waals surface area contributed by atoms with Gasteiger partial charge in [0.15, 0.2) is 18.1 Å². The van der Waals surface area contributed by atoms with Crippen LogP contribution in [0.5, 0.6) is 23.0 Å². The van der Waals surface area contributed by atoms with Crippen LogP contribution in [0.15, 0.2) is 85.1 Å². The van der Waals surface area contributed by atoms with Crippen molar-refractivity contribution in [2.24, 2.45) is 0 Å². The smallest absolute Gasteiger partial charge is 0.329 e. The number of unbranched alkanes of at least 4 members (excludes halogenated alkanes) is 7. The fourth-order valence-electron chi connectivity index (χ4n) is 10.7. The van der Waals surface area contributed by atoms with Crippen LogP contribution >= 0.6 is 0 Å². The molecule has 77 heavy (non-hydrogen) atoms. The van der Waals surface area contributed by atoms with Crippen LogP contribution in [0.25, 0.3) is 0 Å². The molecule has 0 spiro atoms. The molecule has 0 bridgehead atoms. The maximum absolute atomic E-state index is 14.4. The Kier molecular flexibility index (Phi) is 20.7. The van der Waals surface area contributed by atoms with Crippen LogP contribution in [0.3, 0.4) is 0 Å². The molecule has 3 aliphatic heterocycles. The highest BCUT2D eigenvalue weighted by Gasteiger charge is 2.45. The zero-order valence-electron chi connectivity index (χ0n) is 46.0. The molecule has 4 aromatic carbocycles. The molecule has 4 aromatic rings. The van der Waals surface area contributed by atoms with E-state index in [1.807, 2.05) is 38.1 Å². The van der Waals surface area contributed by atoms with Crippen LogP contribution in [0.1, 0.15) is 169 Å². The van der Waals surface area contributed by atoms with Crippen LogP contribution < -0.4 is 29.6 Å². The number of piperidine rings is 2. The molecular formula is C62H78N4O11. The monoisotopic (exact) mass is 1050 g/mol. The molecule has 2 fully saturated rings. The van der Waals surface area contributed by atoms with Gasteiger partial charge in [-0.05, 0) is 149 Å². The summed E-state index contributed by atoms with van der Waals surface area (Å²) >= 11 is 0. The maximum atomic E-state index is 14.4. The van der Waals surface area contributed by atoms with Gasteiger partial charge in [-0.15, -0.1) is 0 Å². The summed E-state index contributed by atoms with van der Waals surface area (Å²) in [7, 11) is 3.18. The molecule has 5 amide bonds. The van der Waals surface area contributed by atoms with Gasteiger partial charge in [0.05, 0.1) is 37.9 Å². The molecule has 7 rings (SSSR count). The van der Waals surface area contributed by atoms with Crippen molar-refractivity contribution in [2.45, 2.75) is 155 Å². The Bertz CT molecular complexity index is 2760. The van der Waals surface area contributed by atoms with Crippen LogP contribution in [-0.4, -0.2) is 97.9 Å². The second kappa shape index (κ2) is 27.8. The Labute approximate surface area is 454 Å². The third-order valence-corrected chi connectivity index (χ3v) is 15.2. The minimum atomic E-state index is -0.866. The molecule has 412 valence electrons. The van der Waals surface area contributed by atoms with Gasteiger partial charge in [0.2, 0.25) is 11.8 Å². The van der Waals surface area contributed by atoms with Crippen molar-refractivity contribution in [3.63, 3.8) is 0 Å². The fraction of sp³-hybridized carbons (Fsp3) is 0.484. The van der Waals surface area contributed by atoms with E-state index in [-0.39, 0.29) is 29.5 Å². The van der Waals surface area contributed by atoms with E-state index in [9.17, 15) is 28.8 Å². The number of esters is 1. The van der Waals surface area contributed by atoms with E-state index in [2.05, 4.69) is 49.3 Å². The molecule has 4 atom stereocenters. The number of hydrogen-bond donors (Lipinski definition) is 2. The third-order valence-electron chi connectivity index (χ3n) is 15.2. The molecule has 15 heteroatoms. The van der Waals surface area contributed by atoms with Crippen LogP contribution in [0, 0.1) is 20.8 Å². The summed E-state index contributed by atoms with van der Waals surface area (Å²) in [4.78, 5) is 83.4. The number of fused-ring (bicyclic) bond motifs is 1. The van der Waals surface area contributed by atoms with Gasteiger partial charge < -0.3 is 39.2 Å². The van der Waals surface area contributed by atoms with E-state index >= 15 is 0 Å². The molecule has 0 saturated carbocycles. The van der Waals surface area contributed by atoms with Gasteiger partial charge in [-0.25, -0.2) is 4.79 Å². The zero-order valence-corrected chi connectivity index (χ0v) is 46.0. The number of rotatable bonds is 27. The molecule has 0 aromatic heterocycles. The first-order chi connectivity index (χ1) is 37.2. The van der Waals surface area contributed by atoms with Crippen molar-refractivity contribution in [3.05, 3.63) is 130 Å². The van der Waals surface area contributed by atoms with Crippen molar-refractivity contribution in [1.82, 2.24) is 20.4 Å². The van der Waals surface area contributed by atoms with Gasteiger partial charge >= 0.3 is 5.97 Å². The van der Waals surface area contributed by atoms with Gasteiger partial charge in [-0.2, -0.15) is 0 Å². The highest BCUT2D eigenvalue weighted by Crippen LogP contribution is 2.38. The predicted octanol–water partition coefficient (Wildman–Crippen LogP) is 10.5. The summed E-state index contributed by atoms with van der Waals surface area (Å²) in [6, 6.07) is 21.0. The number of aryl methyl sites for hydroxylation is 4. The van der Waals surface area contributed by atoms with E-state index in [1.165, 1.54) is 11.1 Å². The topological polar surface area (TPSA) is 179 Å². The van der Waals surface area contributed by atoms with Crippen LogP contribution in [-0.2, 0) is 30.3 Å². The Morgan fingerprint density at radius 1 is 0.766 bits per heavy atom. The number of carbonyl (C=O) groups excluding carboxylic acids is 6. The van der Waals surface area contributed by atoms with Gasteiger partial charge in [-0.1, -0.05) is 94.5 Å². The van der Waals surface area contributed by atoms with Crippen molar-refractivity contribution >= 4 is 35.5 Å². The van der Waals surface area contributed by atoms with E-state index in [1.54, 1.807) is 49.5 Å². The maximum Gasteiger partial charge on any atom is 0.329 e. The average Bonchev–Trinajstić information content (AvgIpc) is 3.69. The summed E-state index contributed by atoms with van der Waals surface area (Å²) in [5, 5.41) is 5.62. The van der Waals surface area contributed by atoms with Gasteiger partial charge in [0.1, 0.15) is 29.7 Å². The SMILES string of the molecule is C=C1CCC(N2C(=O)c3cccc(OCCCCCCCCCCNC(=O)COc4ccc([C@@H](CCc5ccc(C)c(C)c5)OC(=O)[C@@H]5CCCCN5C(=O)[C@@H](CC)c5cc(C)c(OC)c(OC)c5)cc4)c3C2=O)C(=O)N1. The fourth-order valence-corrected chi connectivity index (χ4v) is 10.7. The molecule has 0 aliphatic carbocycles. The lowest BCUT2D eigenvalue weighted by molar-refractivity contribution is -0.162. The minimum absolute atomic E-state index is 0.105. The van der Waals surface area contributed by atoms with Crippen LogP contribution in [0.4, 0.5) is 0 Å². The Morgan fingerprint density at radius 3 is 2.21 bits per heavy atom. The molecule has 3 aliphatic rings. The number of nitrogens with zero attached hydrogens (tertiary/aromatic N) is 2. The summed E-state index contributed by atoms with van der Waals surface area (Å²) in [6.07, 6.45) is 12.0. The molecule has 2 saturated heterocycles. The van der Waals surface area contributed by atoms with Gasteiger partial charge in [0, 0.05) is 18.8 Å². The normalized spacial score (nSPS) is 17.1. The number of allylic oxidation sites excluding steroid dienone is 1. The lowest BCUT2D eigenvalue weighted by Crippen LogP contribution is -2.51. The van der Waals surface area contributed by atoms with Gasteiger partial charge in [-0.3, -0.25) is 28.9 Å². The molecule has 0 radical (unpaired) electrons. The molecule has 3 heterocycles. The van der Waals surface area contributed by atoms with E-state index in [0.717, 1.165) is 91.4 Å². The second-order valence-electron chi connectivity index (χ2n) is 20.7. The molecule has 15 nitrogen and oxygen atoms in total. The quantitative estimate of drug-likeness (QED) is 0.0330. The van der Waals surface area contributed by atoms with Crippen molar-refractivity contribution < 1.29 is 52.5 Å². The Balaban J connectivity index is 0.823. The van der Waals surface area contributed by atoms with E-state index in [4.69, 9.17) is 23.7 Å². The number of ether oxygens (including phenoxy) is 5. The number of benzene rings is 4. The first-order valence-electron chi connectivity index (χ1n) is 27.6. The second-order valence-corrected chi connectivity index (χ2v) is 20.7. The van der Waals surface area contributed by atoms with E-state index in [0.29, 0.717) is 86.9 Å².